The molecule has 0 aromatic heterocycles. The molecule has 1 aliphatic heterocycles. The van der Waals surface area contributed by atoms with Gasteiger partial charge in [-0.15, -0.1) is 0 Å². The highest BCUT2D eigenvalue weighted by Gasteiger charge is 2.34. The van der Waals surface area contributed by atoms with E-state index in [1.54, 1.807) is 0 Å². The molecule has 0 aromatic carbocycles. The zero-order chi connectivity index (χ0) is 8.59. The molecule has 0 spiro atoms. The Morgan fingerprint density at radius 1 is 1.55 bits per heavy atom. The van der Waals surface area contributed by atoms with Crippen LogP contribution >= 0.6 is 0 Å². The summed E-state index contributed by atoms with van der Waals surface area (Å²) in [5.74, 6) is -0.252. The smallest absolute Gasteiger partial charge is 0.322 e. The van der Waals surface area contributed by atoms with Gasteiger partial charge >= 0.3 is 6.03 Å². The first kappa shape index (κ1) is 7.78. The van der Waals surface area contributed by atoms with Gasteiger partial charge in [-0.05, 0) is 13.8 Å². The number of amides is 3. The van der Waals surface area contributed by atoms with E-state index in [1.807, 2.05) is 13.8 Å². The molecule has 0 unspecified atom stereocenters. The third kappa shape index (κ3) is 1.11. The van der Waals surface area contributed by atoms with Gasteiger partial charge < -0.3 is 5.73 Å². The summed E-state index contributed by atoms with van der Waals surface area (Å²) in [5, 5.41) is 0. The SMILES string of the molecule is CC(C)=C1CN(C(N)=O)C1=O. The first-order chi connectivity index (χ1) is 5.04. The molecule has 0 aromatic rings. The standard InChI is InChI=1S/C7H10N2O2/c1-4(2)5-3-9(6(5)10)7(8)11/h3H2,1-2H3,(H2,8,11). The highest BCUT2D eigenvalue weighted by molar-refractivity contribution is 6.10. The van der Waals surface area contributed by atoms with Gasteiger partial charge in [0, 0.05) is 5.57 Å². The van der Waals surface area contributed by atoms with E-state index in [9.17, 15) is 9.59 Å². The fourth-order valence-electron chi connectivity index (χ4n) is 0.919. The maximum absolute atomic E-state index is 11.0. The number of allylic oxidation sites excluding steroid dienone is 1. The van der Waals surface area contributed by atoms with Crippen LogP contribution in [0.15, 0.2) is 11.1 Å². The Hall–Kier alpha value is -1.32. The van der Waals surface area contributed by atoms with E-state index >= 15 is 0 Å². The molecule has 0 atom stereocenters. The van der Waals surface area contributed by atoms with Crippen LogP contribution in [0, 0.1) is 0 Å². The molecule has 0 aliphatic carbocycles. The molecule has 4 nitrogen and oxygen atoms in total. The monoisotopic (exact) mass is 154 g/mol. The summed E-state index contributed by atoms with van der Waals surface area (Å²) >= 11 is 0. The molecule has 2 N–H and O–H groups in total. The van der Waals surface area contributed by atoms with Crippen LogP contribution in [0.25, 0.3) is 0 Å². The van der Waals surface area contributed by atoms with Gasteiger partial charge in [-0.3, -0.25) is 9.69 Å². The largest absolute Gasteiger partial charge is 0.351 e. The number of imide groups is 1. The van der Waals surface area contributed by atoms with Crippen molar-refractivity contribution < 1.29 is 9.59 Å². The average Bonchev–Trinajstić information content (AvgIpc) is 1.82. The van der Waals surface area contributed by atoms with Crippen LogP contribution in [-0.2, 0) is 4.79 Å². The number of rotatable bonds is 0. The van der Waals surface area contributed by atoms with Gasteiger partial charge in [-0.25, -0.2) is 4.79 Å². The zero-order valence-electron chi connectivity index (χ0n) is 6.55. The number of hydrogen-bond donors (Lipinski definition) is 1. The van der Waals surface area contributed by atoms with Crippen LogP contribution < -0.4 is 5.73 Å². The van der Waals surface area contributed by atoms with Gasteiger partial charge in [0.1, 0.15) is 0 Å². The van der Waals surface area contributed by atoms with Gasteiger partial charge in [-0.1, -0.05) is 5.57 Å². The number of β-lactam (4-membered cyclic amide) rings is 1. The van der Waals surface area contributed by atoms with Crippen molar-refractivity contribution >= 4 is 11.9 Å². The van der Waals surface area contributed by atoms with E-state index in [-0.39, 0.29) is 5.91 Å². The Morgan fingerprint density at radius 3 is 2.36 bits per heavy atom. The van der Waals surface area contributed by atoms with Crippen molar-refractivity contribution in [3.63, 3.8) is 0 Å². The minimum atomic E-state index is -0.667. The third-order valence-electron chi connectivity index (χ3n) is 1.69. The second-order valence-electron chi connectivity index (χ2n) is 2.71. The van der Waals surface area contributed by atoms with Crippen LogP contribution in [0.1, 0.15) is 13.8 Å². The summed E-state index contributed by atoms with van der Waals surface area (Å²) < 4.78 is 0. The van der Waals surface area contributed by atoms with Crippen LogP contribution in [0.4, 0.5) is 4.79 Å². The maximum atomic E-state index is 11.0. The zero-order valence-corrected chi connectivity index (χ0v) is 6.55. The van der Waals surface area contributed by atoms with Crippen molar-refractivity contribution in [2.24, 2.45) is 5.73 Å². The molecular formula is C7H10N2O2. The van der Waals surface area contributed by atoms with Gasteiger partial charge in [0.2, 0.25) is 0 Å². The van der Waals surface area contributed by atoms with E-state index in [1.165, 1.54) is 0 Å². The van der Waals surface area contributed by atoms with E-state index in [0.717, 1.165) is 10.5 Å². The Bertz CT molecular complexity index is 251. The van der Waals surface area contributed by atoms with Crippen molar-refractivity contribution in [3.05, 3.63) is 11.1 Å². The van der Waals surface area contributed by atoms with Gasteiger partial charge in [0.05, 0.1) is 6.54 Å². The fourth-order valence-corrected chi connectivity index (χ4v) is 0.919. The summed E-state index contributed by atoms with van der Waals surface area (Å²) in [6.07, 6.45) is 0. The van der Waals surface area contributed by atoms with Crippen LogP contribution in [0.5, 0.6) is 0 Å². The van der Waals surface area contributed by atoms with E-state index in [2.05, 4.69) is 0 Å². The molecule has 60 valence electrons. The maximum Gasteiger partial charge on any atom is 0.322 e. The lowest BCUT2D eigenvalue weighted by molar-refractivity contribution is -0.129. The van der Waals surface area contributed by atoms with Crippen LogP contribution in [0.3, 0.4) is 0 Å². The summed E-state index contributed by atoms with van der Waals surface area (Å²) in [7, 11) is 0. The number of carbonyl (C=O) groups is 2. The van der Waals surface area contributed by atoms with E-state index in [0.29, 0.717) is 12.1 Å². The number of carbonyl (C=O) groups excluding carboxylic acids is 2. The molecule has 0 saturated carbocycles. The molecule has 1 rings (SSSR count). The van der Waals surface area contributed by atoms with Crippen LogP contribution in [0.2, 0.25) is 0 Å². The molecule has 3 amide bonds. The van der Waals surface area contributed by atoms with Crippen molar-refractivity contribution in [1.29, 1.82) is 0 Å². The van der Waals surface area contributed by atoms with Crippen molar-refractivity contribution in [2.75, 3.05) is 6.54 Å². The first-order valence-corrected chi connectivity index (χ1v) is 3.31. The summed E-state index contributed by atoms with van der Waals surface area (Å²) in [5.41, 5.74) is 6.54. The molecule has 0 bridgehead atoms. The Balaban J connectivity index is 2.73. The predicted molar refractivity (Wildman–Crippen MR) is 39.7 cm³/mol. The number of hydrogen-bond acceptors (Lipinski definition) is 2. The molecule has 11 heavy (non-hydrogen) atoms. The molecule has 1 heterocycles. The Labute approximate surface area is 64.7 Å². The third-order valence-corrected chi connectivity index (χ3v) is 1.69. The normalized spacial score (nSPS) is 16.4. The molecule has 1 fully saturated rings. The fraction of sp³-hybridized carbons (Fsp3) is 0.429. The summed E-state index contributed by atoms with van der Waals surface area (Å²) in [6, 6.07) is -0.667. The molecule has 0 radical (unpaired) electrons. The van der Waals surface area contributed by atoms with E-state index in [4.69, 9.17) is 5.73 Å². The van der Waals surface area contributed by atoms with Gasteiger partial charge in [-0.2, -0.15) is 0 Å². The summed E-state index contributed by atoms with van der Waals surface area (Å²) in [4.78, 5) is 22.5. The van der Waals surface area contributed by atoms with Gasteiger partial charge in [0.15, 0.2) is 0 Å². The molecule has 4 heteroatoms. The highest BCUT2D eigenvalue weighted by Crippen LogP contribution is 2.19. The minimum Gasteiger partial charge on any atom is -0.351 e. The lowest BCUT2D eigenvalue weighted by Crippen LogP contribution is -2.52. The lowest BCUT2D eigenvalue weighted by atomic mass is 10.0. The number of primary amides is 1. The average molecular weight is 154 g/mol. The number of nitrogens with two attached hydrogens (primary N) is 1. The lowest BCUT2D eigenvalue weighted by Gasteiger charge is -2.30. The highest BCUT2D eigenvalue weighted by atomic mass is 16.2. The second kappa shape index (κ2) is 2.38. The minimum absolute atomic E-state index is 0.252. The van der Waals surface area contributed by atoms with Crippen molar-refractivity contribution in [2.45, 2.75) is 13.8 Å². The quantitative estimate of drug-likeness (QED) is 0.401. The molecule has 1 saturated heterocycles. The first-order valence-electron chi connectivity index (χ1n) is 3.31. The van der Waals surface area contributed by atoms with Gasteiger partial charge in [0.25, 0.3) is 5.91 Å². The summed E-state index contributed by atoms with van der Waals surface area (Å²) in [6.45, 7) is 4.05. The Morgan fingerprint density at radius 2 is 2.09 bits per heavy atom. The predicted octanol–water partition coefficient (Wildman–Crippen LogP) is 0.244. The number of urea groups is 1. The topological polar surface area (TPSA) is 63.4 Å². The van der Waals surface area contributed by atoms with E-state index < -0.39 is 6.03 Å². The second-order valence-corrected chi connectivity index (χ2v) is 2.71. The van der Waals surface area contributed by atoms with Crippen molar-refractivity contribution in [3.8, 4) is 0 Å². The molecule has 1 aliphatic rings. The number of likely N-dealkylation sites (tertiary alicyclic amines) is 1. The molecular weight excluding hydrogens is 144 g/mol. The van der Waals surface area contributed by atoms with Crippen molar-refractivity contribution in [1.82, 2.24) is 4.90 Å². The number of nitrogens with zero attached hydrogens (tertiary/aromatic N) is 1. The van der Waals surface area contributed by atoms with Crippen LogP contribution in [-0.4, -0.2) is 23.4 Å². The Kier molecular flexibility index (Phi) is 1.68.